The largest absolute Gasteiger partial charge is 0.463 e. The molecule has 4 nitrogen and oxygen atoms in total. The molecule has 144 valence electrons. The average Bonchev–Trinajstić information content (AvgIpc) is 2.52. The van der Waals surface area contributed by atoms with Crippen LogP contribution in [0.4, 0.5) is 4.39 Å². The van der Waals surface area contributed by atoms with Crippen LogP contribution in [0.15, 0.2) is 40.7 Å². The Morgan fingerprint density at radius 3 is 2.70 bits per heavy atom. The number of carbonyl (C=O) groups excluding carboxylic acids is 2. The van der Waals surface area contributed by atoms with Gasteiger partial charge in [-0.1, -0.05) is 31.5 Å². The number of rotatable bonds is 3. The fourth-order valence-corrected chi connectivity index (χ4v) is 4.26. The van der Waals surface area contributed by atoms with E-state index < -0.39 is 17.7 Å². The minimum Gasteiger partial charge on any atom is -0.463 e. The van der Waals surface area contributed by atoms with Gasteiger partial charge in [0.2, 0.25) is 0 Å². The van der Waals surface area contributed by atoms with E-state index in [1.807, 2.05) is 13.8 Å². The van der Waals surface area contributed by atoms with Crippen LogP contribution in [0.5, 0.6) is 0 Å². The van der Waals surface area contributed by atoms with Gasteiger partial charge in [0.05, 0.1) is 18.1 Å². The SMILES string of the molecule is CCOC(=O)C1=C(C)NC2=C(C(=O)CC(C)(C)C2)[C@@H]1c1c(F)cccc1Cl. The van der Waals surface area contributed by atoms with E-state index in [4.69, 9.17) is 16.3 Å². The van der Waals surface area contributed by atoms with E-state index in [0.717, 1.165) is 5.70 Å². The molecule has 3 rings (SSSR count). The Morgan fingerprint density at radius 2 is 2.07 bits per heavy atom. The number of ether oxygens (including phenoxy) is 1. The summed E-state index contributed by atoms with van der Waals surface area (Å²) in [4.78, 5) is 25.7. The van der Waals surface area contributed by atoms with Gasteiger partial charge in [-0.15, -0.1) is 0 Å². The summed E-state index contributed by atoms with van der Waals surface area (Å²) in [6, 6.07) is 4.36. The van der Waals surface area contributed by atoms with Crippen LogP contribution in [-0.4, -0.2) is 18.4 Å². The van der Waals surface area contributed by atoms with Crippen LogP contribution in [0, 0.1) is 11.2 Å². The number of carbonyl (C=O) groups is 2. The first-order valence-corrected chi connectivity index (χ1v) is 9.39. The van der Waals surface area contributed by atoms with Gasteiger partial charge in [-0.25, -0.2) is 9.18 Å². The number of hydrogen-bond donors (Lipinski definition) is 1. The van der Waals surface area contributed by atoms with Crippen LogP contribution >= 0.6 is 11.6 Å². The molecule has 0 bridgehead atoms. The van der Waals surface area contributed by atoms with E-state index in [1.54, 1.807) is 19.9 Å². The molecule has 1 aromatic carbocycles. The summed E-state index contributed by atoms with van der Waals surface area (Å²) in [6.07, 6.45) is 0.954. The average molecular weight is 392 g/mol. The molecule has 1 N–H and O–H groups in total. The van der Waals surface area contributed by atoms with Gasteiger partial charge in [0.25, 0.3) is 0 Å². The fraction of sp³-hybridized carbons (Fsp3) is 0.429. The van der Waals surface area contributed by atoms with Gasteiger partial charge in [-0.05, 0) is 37.8 Å². The molecular formula is C21H23ClFNO3. The first kappa shape index (κ1) is 19.6. The number of esters is 1. The first-order valence-electron chi connectivity index (χ1n) is 9.01. The Morgan fingerprint density at radius 1 is 1.37 bits per heavy atom. The van der Waals surface area contributed by atoms with Crippen molar-refractivity contribution in [3.63, 3.8) is 0 Å². The molecule has 0 unspecified atom stereocenters. The molecular weight excluding hydrogens is 369 g/mol. The molecule has 0 saturated heterocycles. The highest BCUT2D eigenvalue weighted by Crippen LogP contribution is 2.48. The van der Waals surface area contributed by atoms with Crippen molar-refractivity contribution in [2.45, 2.75) is 46.5 Å². The lowest BCUT2D eigenvalue weighted by Crippen LogP contribution is -2.39. The Hall–Kier alpha value is -2.14. The standard InChI is InChI=1S/C21H23ClFNO3/c1-5-27-20(26)16-11(2)24-14-9-21(3,4)10-15(25)18(14)19(16)17-12(22)7-6-8-13(17)23/h6-8,19,24H,5,9-10H2,1-4H3/t19-/m0/s1. The topological polar surface area (TPSA) is 55.4 Å². The van der Waals surface area contributed by atoms with Crippen molar-refractivity contribution in [3.8, 4) is 0 Å². The molecule has 27 heavy (non-hydrogen) atoms. The number of benzene rings is 1. The van der Waals surface area contributed by atoms with E-state index in [0.29, 0.717) is 24.1 Å². The van der Waals surface area contributed by atoms with Crippen LogP contribution < -0.4 is 5.32 Å². The summed E-state index contributed by atoms with van der Waals surface area (Å²) in [6.45, 7) is 7.65. The second kappa shape index (κ2) is 7.12. The summed E-state index contributed by atoms with van der Waals surface area (Å²) < 4.78 is 20.0. The van der Waals surface area contributed by atoms with Gasteiger partial charge >= 0.3 is 5.97 Å². The number of dihydropyridines is 1. The molecule has 0 fully saturated rings. The minimum atomic E-state index is -0.877. The van der Waals surface area contributed by atoms with Gasteiger partial charge in [0.15, 0.2) is 5.78 Å². The van der Waals surface area contributed by atoms with Crippen molar-refractivity contribution in [2.75, 3.05) is 6.61 Å². The first-order chi connectivity index (χ1) is 12.7. The number of hydrogen-bond acceptors (Lipinski definition) is 4. The van der Waals surface area contributed by atoms with Crippen molar-refractivity contribution >= 4 is 23.4 Å². The van der Waals surface area contributed by atoms with Gasteiger partial charge in [-0.2, -0.15) is 0 Å². The Kier molecular flexibility index (Phi) is 5.17. The maximum atomic E-state index is 14.8. The number of nitrogens with one attached hydrogen (secondary N) is 1. The second-order valence-corrected chi connectivity index (χ2v) is 8.19. The van der Waals surface area contributed by atoms with Crippen molar-refractivity contribution in [2.24, 2.45) is 5.41 Å². The molecule has 0 radical (unpaired) electrons. The zero-order valence-electron chi connectivity index (χ0n) is 15.9. The number of Topliss-reactive ketones (excluding diaryl/α,β-unsaturated/α-hetero) is 1. The summed E-state index contributed by atoms with van der Waals surface area (Å²) in [5.74, 6) is -2.10. The second-order valence-electron chi connectivity index (χ2n) is 7.79. The van der Waals surface area contributed by atoms with Crippen molar-refractivity contribution < 1.29 is 18.7 Å². The van der Waals surface area contributed by atoms with Crippen LogP contribution in [-0.2, 0) is 14.3 Å². The van der Waals surface area contributed by atoms with Gasteiger partial charge < -0.3 is 10.1 Å². The zero-order valence-corrected chi connectivity index (χ0v) is 16.7. The lowest BCUT2D eigenvalue weighted by Gasteiger charge is -2.39. The Balaban J connectivity index is 2.26. The maximum Gasteiger partial charge on any atom is 0.336 e. The van der Waals surface area contributed by atoms with E-state index in [-0.39, 0.29) is 34.0 Å². The van der Waals surface area contributed by atoms with Crippen molar-refractivity contribution in [1.29, 1.82) is 0 Å². The molecule has 0 spiro atoms. The van der Waals surface area contributed by atoms with E-state index in [1.165, 1.54) is 12.1 Å². The van der Waals surface area contributed by atoms with Crippen molar-refractivity contribution in [3.05, 3.63) is 57.1 Å². The third-order valence-electron chi connectivity index (χ3n) is 5.02. The van der Waals surface area contributed by atoms with E-state index in [2.05, 4.69) is 5.32 Å². The maximum absolute atomic E-state index is 14.8. The molecule has 1 aliphatic heterocycles. The molecule has 1 atom stereocenters. The highest BCUT2D eigenvalue weighted by atomic mass is 35.5. The fourth-order valence-electron chi connectivity index (χ4n) is 3.99. The third-order valence-corrected chi connectivity index (χ3v) is 5.35. The molecule has 1 aromatic rings. The summed E-state index contributed by atoms with van der Waals surface area (Å²) >= 11 is 6.32. The molecule has 1 heterocycles. The van der Waals surface area contributed by atoms with E-state index >= 15 is 0 Å². The predicted molar refractivity (Wildman–Crippen MR) is 102 cm³/mol. The predicted octanol–water partition coefficient (Wildman–Crippen LogP) is 4.65. The molecule has 0 amide bonds. The van der Waals surface area contributed by atoms with Gasteiger partial charge in [-0.3, -0.25) is 4.79 Å². The van der Waals surface area contributed by atoms with Gasteiger partial charge in [0, 0.05) is 34.0 Å². The summed E-state index contributed by atoms with van der Waals surface area (Å²) in [7, 11) is 0. The van der Waals surface area contributed by atoms with E-state index in [9.17, 15) is 14.0 Å². The number of allylic oxidation sites excluding steroid dienone is 3. The van der Waals surface area contributed by atoms with Crippen molar-refractivity contribution in [1.82, 2.24) is 5.32 Å². The van der Waals surface area contributed by atoms with Gasteiger partial charge in [0.1, 0.15) is 5.82 Å². The van der Waals surface area contributed by atoms with Crippen LogP contribution in [0.25, 0.3) is 0 Å². The Labute approximate surface area is 163 Å². The highest BCUT2D eigenvalue weighted by Gasteiger charge is 2.44. The molecule has 0 aromatic heterocycles. The van der Waals surface area contributed by atoms with Crippen LogP contribution in [0.1, 0.15) is 52.0 Å². The normalized spacial score (nSPS) is 21.7. The molecule has 1 aliphatic carbocycles. The van der Waals surface area contributed by atoms with Crippen LogP contribution in [0.3, 0.4) is 0 Å². The monoisotopic (exact) mass is 391 g/mol. The summed E-state index contributed by atoms with van der Waals surface area (Å²) in [5, 5.41) is 3.39. The number of ketones is 1. The quantitative estimate of drug-likeness (QED) is 0.762. The smallest absolute Gasteiger partial charge is 0.336 e. The Bertz CT molecular complexity index is 865. The molecule has 6 heteroatoms. The highest BCUT2D eigenvalue weighted by molar-refractivity contribution is 6.31. The molecule has 2 aliphatic rings. The number of halogens is 2. The minimum absolute atomic E-state index is 0.104. The molecule has 0 saturated carbocycles. The van der Waals surface area contributed by atoms with Crippen LogP contribution in [0.2, 0.25) is 5.02 Å². The lowest BCUT2D eigenvalue weighted by atomic mass is 9.68. The summed E-state index contributed by atoms with van der Waals surface area (Å²) in [5.41, 5.74) is 1.86. The third kappa shape index (κ3) is 3.53. The lowest BCUT2D eigenvalue weighted by molar-refractivity contribution is -0.138. The zero-order chi connectivity index (χ0) is 19.9.